The molecule has 1 saturated carbocycles. The van der Waals surface area contributed by atoms with Crippen LogP contribution >= 0.6 is 11.6 Å². The second-order valence-corrected chi connectivity index (χ2v) is 6.74. The summed E-state index contributed by atoms with van der Waals surface area (Å²) in [6.45, 7) is 0.439. The molecule has 1 N–H and O–H groups in total. The standard InChI is InChI=1S/C17H15ClF3N5/c18-11-3-1-2-10(8-11)6-7-26-9-22-13-14(23-12-4-5-12)24-16(17(19,20)21)25-15(13)26/h1-3,8-9,12H,4-7H2,(H,23,24,25). The number of anilines is 1. The molecule has 1 fully saturated rings. The number of hydrogen-bond acceptors (Lipinski definition) is 4. The Morgan fingerprint density at radius 2 is 2.04 bits per heavy atom. The third-order valence-electron chi connectivity index (χ3n) is 4.17. The van der Waals surface area contributed by atoms with E-state index in [1.54, 1.807) is 10.6 Å². The van der Waals surface area contributed by atoms with Gasteiger partial charge in [0, 0.05) is 17.6 Å². The number of aromatic nitrogens is 4. The van der Waals surface area contributed by atoms with E-state index in [1.807, 2.05) is 18.2 Å². The van der Waals surface area contributed by atoms with Crippen molar-refractivity contribution in [3.63, 3.8) is 0 Å². The molecule has 0 amide bonds. The summed E-state index contributed by atoms with van der Waals surface area (Å²) in [6, 6.07) is 7.52. The van der Waals surface area contributed by atoms with Crippen LogP contribution in [-0.4, -0.2) is 25.6 Å². The summed E-state index contributed by atoms with van der Waals surface area (Å²) in [7, 11) is 0. The van der Waals surface area contributed by atoms with Gasteiger partial charge in [-0.1, -0.05) is 23.7 Å². The van der Waals surface area contributed by atoms with E-state index in [0.29, 0.717) is 23.5 Å². The van der Waals surface area contributed by atoms with Crippen molar-refractivity contribution in [2.75, 3.05) is 5.32 Å². The topological polar surface area (TPSA) is 55.6 Å². The maximum atomic E-state index is 13.2. The van der Waals surface area contributed by atoms with Crippen molar-refractivity contribution in [2.24, 2.45) is 0 Å². The van der Waals surface area contributed by atoms with Gasteiger partial charge in [0.05, 0.1) is 6.33 Å². The van der Waals surface area contributed by atoms with Gasteiger partial charge in [0.25, 0.3) is 0 Å². The first-order chi connectivity index (χ1) is 12.4. The molecule has 2 heterocycles. The molecule has 3 aromatic rings. The van der Waals surface area contributed by atoms with Gasteiger partial charge < -0.3 is 9.88 Å². The third-order valence-corrected chi connectivity index (χ3v) is 4.40. The van der Waals surface area contributed by atoms with Crippen molar-refractivity contribution in [2.45, 2.75) is 38.0 Å². The average Bonchev–Trinajstić information content (AvgIpc) is 3.30. The van der Waals surface area contributed by atoms with Gasteiger partial charge in [0.2, 0.25) is 5.82 Å². The lowest BCUT2D eigenvalue weighted by Crippen LogP contribution is -2.15. The van der Waals surface area contributed by atoms with Crippen LogP contribution in [0.3, 0.4) is 0 Å². The second-order valence-electron chi connectivity index (χ2n) is 6.30. The van der Waals surface area contributed by atoms with Crippen LogP contribution in [0.5, 0.6) is 0 Å². The molecular weight excluding hydrogens is 367 g/mol. The molecule has 4 rings (SSSR count). The maximum absolute atomic E-state index is 13.2. The smallest absolute Gasteiger partial charge is 0.365 e. The van der Waals surface area contributed by atoms with Crippen LogP contribution in [0.15, 0.2) is 30.6 Å². The molecule has 0 aliphatic heterocycles. The fourth-order valence-electron chi connectivity index (χ4n) is 2.70. The lowest BCUT2D eigenvalue weighted by molar-refractivity contribution is -0.144. The minimum Gasteiger partial charge on any atom is -0.365 e. The van der Waals surface area contributed by atoms with E-state index in [9.17, 15) is 13.2 Å². The number of nitrogens with one attached hydrogen (secondary N) is 1. The predicted molar refractivity (Wildman–Crippen MR) is 92.1 cm³/mol. The normalized spacial score (nSPS) is 14.8. The molecule has 0 saturated heterocycles. The second kappa shape index (κ2) is 6.42. The Labute approximate surface area is 152 Å². The van der Waals surface area contributed by atoms with Crippen LogP contribution in [0.1, 0.15) is 24.2 Å². The summed E-state index contributed by atoms with van der Waals surface area (Å²) >= 11 is 5.97. The number of fused-ring (bicyclic) bond motifs is 1. The highest BCUT2D eigenvalue weighted by atomic mass is 35.5. The Balaban J connectivity index is 1.68. The lowest BCUT2D eigenvalue weighted by Gasteiger charge is -2.10. The monoisotopic (exact) mass is 381 g/mol. The largest absolute Gasteiger partial charge is 0.451 e. The highest BCUT2D eigenvalue weighted by Gasteiger charge is 2.37. The number of aryl methyl sites for hydroxylation is 2. The van der Waals surface area contributed by atoms with Crippen LogP contribution in [0.25, 0.3) is 11.2 Å². The summed E-state index contributed by atoms with van der Waals surface area (Å²) in [5.41, 5.74) is 1.52. The number of halogens is 4. The molecule has 0 radical (unpaired) electrons. The molecular formula is C17H15ClF3N5. The number of benzene rings is 1. The van der Waals surface area contributed by atoms with Gasteiger partial charge >= 0.3 is 6.18 Å². The first-order valence-electron chi connectivity index (χ1n) is 8.21. The Morgan fingerprint density at radius 1 is 1.23 bits per heavy atom. The molecule has 0 bridgehead atoms. The zero-order valence-electron chi connectivity index (χ0n) is 13.6. The first kappa shape index (κ1) is 17.1. The Morgan fingerprint density at radius 3 is 2.73 bits per heavy atom. The summed E-state index contributed by atoms with van der Waals surface area (Å²) < 4.78 is 41.2. The van der Waals surface area contributed by atoms with E-state index in [2.05, 4.69) is 20.3 Å². The molecule has 1 aliphatic carbocycles. The molecule has 5 nitrogen and oxygen atoms in total. The molecule has 2 aromatic heterocycles. The molecule has 0 spiro atoms. The number of rotatable bonds is 5. The molecule has 136 valence electrons. The fraction of sp³-hybridized carbons (Fsp3) is 0.353. The molecule has 1 aromatic carbocycles. The first-order valence-corrected chi connectivity index (χ1v) is 8.59. The van der Waals surface area contributed by atoms with Crippen molar-refractivity contribution >= 4 is 28.6 Å². The Bertz CT molecular complexity index is 949. The number of alkyl halides is 3. The summed E-state index contributed by atoms with van der Waals surface area (Å²) in [5, 5.41) is 3.64. The molecule has 0 atom stereocenters. The van der Waals surface area contributed by atoms with Gasteiger partial charge in [-0.3, -0.25) is 0 Å². The summed E-state index contributed by atoms with van der Waals surface area (Å²) in [4.78, 5) is 11.6. The van der Waals surface area contributed by atoms with Crippen molar-refractivity contribution in [3.8, 4) is 0 Å². The van der Waals surface area contributed by atoms with Crippen LogP contribution in [0.2, 0.25) is 5.02 Å². The lowest BCUT2D eigenvalue weighted by atomic mass is 10.1. The van der Waals surface area contributed by atoms with Gasteiger partial charge in [0.15, 0.2) is 11.5 Å². The van der Waals surface area contributed by atoms with Gasteiger partial charge in [-0.15, -0.1) is 0 Å². The molecule has 26 heavy (non-hydrogen) atoms. The number of hydrogen-bond donors (Lipinski definition) is 1. The van der Waals surface area contributed by atoms with Crippen molar-refractivity contribution in [1.29, 1.82) is 0 Å². The minimum atomic E-state index is -4.61. The highest BCUT2D eigenvalue weighted by Crippen LogP contribution is 2.32. The summed E-state index contributed by atoms with van der Waals surface area (Å²) in [5.74, 6) is -1.01. The highest BCUT2D eigenvalue weighted by molar-refractivity contribution is 6.30. The van der Waals surface area contributed by atoms with E-state index >= 15 is 0 Å². The van der Waals surface area contributed by atoms with E-state index in [-0.39, 0.29) is 17.5 Å². The minimum absolute atomic E-state index is 0.145. The van der Waals surface area contributed by atoms with Crippen molar-refractivity contribution in [1.82, 2.24) is 19.5 Å². The molecule has 0 unspecified atom stereocenters. The predicted octanol–water partition coefficient (Wildman–Crippen LogP) is 4.32. The molecule has 1 aliphatic rings. The van der Waals surface area contributed by atoms with Gasteiger partial charge in [-0.25, -0.2) is 15.0 Å². The zero-order valence-corrected chi connectivity index (χ0v) is 14.3. The average molecular weight is 382 g/mol. The zero-order chi connectivity index (χ0) is 18.3. The number of imidazole rings is 1. The number of nitrogens with zero attached hydrogens (tertiary/aromatic N) is 4. The van der Waals surface area contributed by atoms with Crippen LogP contribution in [-0.2, 0) is 19.1 Å². The fourth-order valence-corrected chi connectivity index (χ4v) is 2.91. The third kappa shape index (κ3) is 3.60. The Kier molecular flexibility index (Phi) is 4.22. The van der Waals surface area contributed by atoms with Gasteiger partial charge in [0.1, 0.15) is 5.52 Å². The SMILES string of the molecule is FC(F)(F)c1nc(NC2CC2)c2ncn(CCc3cccc(Cl)c3)c2n1. The van der Waals surface area contributed by atoms with E-state index < -0.39 is 12.0 Å². The van der Waals surface area contributed by atoms with Gasteiger partial charge in [-0.2, -0.15) is 13.2 Å². The quantitative estimate of drug-likeness (QED) is 0.715. The van der Waals surface area contributed by atoms with Crippen LogP contribution in [0.4, 0.5) is 19.0 Å². The van der Waals surface area contributed by atoms with Crippen LogP contribution in [0, 0.1) is 0 Å². The van der Waals surface area contributed by atoms with E-state index in [0.717, 1.165) is 18.4 Å². The van der Waals surface area contributed by atoms with Gasteiger partial charge in [-0.05, 0) is 37.0 Å². The van der Waals surface area contributed by atoms with Crippen molar-refractivity contribution in [3.05, 3.63) is 47.0 Å². The van der Waals surface area contributed by atoms with Crippen LogP contribution < -0.4 is 5.32 Å². The maximum Gasteiger partial charge on any atom is 0.451 e. The molecule has 9 heteroatoms. The van der Waals surface area contributed by atoms with Crippen molar-refractivity contribution < 1.29 is 13.2 Å². The van der Waals surface area contributed by atoms with E-state index in [1.165, 1.54) is 6.33 Å². The summed E-state index contributed by atoms with van der Waals surface area (Å²) in [6.07, 6.45) is -0.675. The Hall–Kier alpha value is -2.35. The van der Waals surface area contributed by atoms with E-state index in [4.69, 9.17) is 11.6 Å².